The summed E-state index contributed by atoms with van der Waals surface area (Å²) in [5, 5.41) is 13.0. The van der Waals surface area contributed by atoms with Crippen molar-refractivity contribution in [3.8, 4) is 0 Å². The minimum Gasteiger partial charge on any atom is -0.391 e. The van der Waals surface area contributed by atoms with Gasteiger partial charge in [0.2, 0.25) is 5.91 Å². The van der Waals surface area contributed by atoms with Crippen LogP contribution in [0, 0.1) is 0 Å². The summed E-state index contributed by atoms with van der Waals surface area (Å²) < 4.78 is 0. The maximum absolute atomic E-state index is 11.8. The van der Waals surface area contributed by atoms with E-state index in [1.54, 1.807) is 0 Å². The van der Waals surface area contributed by atoms with E-state index in [9.17, 15) is 9.90 Å². The Morgan fingerprint density at radius 2 is 2.15 bits per heavy atom. The molecule has 144 valence electrons. The third-order valence-electron chi connectivity index (χ3n) is 4.75. The van der Waals surface area contributed by atoms with Gasteiger partial charge in [0.05, 0.1) is 12.6 Å². The predicted molar refractivity (Wildman–Crippen MR) is 114 cm³/mol. The Morgan fingerprint density at radius 1 is 1.35 bits per heavy atom. The van der Waals surface area contributed by atoms with Gasteiger partial charge in [0.1, 0.15) is 0 Å². The van der Waals surface area contributed by atoms with Gasteiger partial charge in [0.25, 0.3) is 0 Å². The van der Waals surface area contributed by atoms with Gasteiger partial charge in [-0.2, -0.15) is 0 Å². The van der Waals surface area contributed by atoms with Crippen LogP contribution in [-0.2, 0) is 17.9 Å². The smallest absolute Gasteiger partial charge is 0.222 e. The molecule has 0 unspecified atom stereocenters. The number of halogens is 1. The number of β-amino-alcohol motifs (C(OH)–C–C–N with tert-alkyl or cyclic N) is 1. The molecule has 0 bridgehead atoms. The second-order valence-electron chi connectivity index (χ2n) is 6.80. The minimum absolute atomic E-state index is 0. The highest BCUT2D eigenvalue weighted by Gasteiger charge is 2.23. The summed E-state index contributed by atoms with van der Waals surface area (Å²) in [7, 11) is 0. The van der Waals surface area contributed by atoms with Gasteiger partial charge in [0, 0.05) is 39.1 Å². The van der Waals surface area contributed by atoms with Crippen molar-refractivity contribution in [3.63, 3.8) is 0 Å². The van der Waals surface area contributed by atoms with E-state index in [-0.39, 0.29) is 36.0 Å². The van der Waals surface area contributed by atoms with Crippen molar-refractivity contribution >= 4 is 35.8 Å². The summed E-state index contributed by atoms with van der Waals surface area (Å²) in [6.45, 7) is 6.49. The van der Waals surface area contributed by atoms with Gasteiger partial charge in [-0.25, -0.2) is 4.99 Å². The molecule has 1 amide bonds. The number of carbonyl (C=O) groups excluding carboxylic acids is 1. The Kier molecular flexibility index (Phi) is 8.15. The molecule has 2 heterocycles. The van der Waals surface area contributed by atoms with Gasteiger partial charge < -0.3 is 20.2 Å². The van der Waals surface area contributed by atoms with E-state index in [2.05, 4.69) is 35.3 Å². The van der Waals surface area contributed by atoms with E-state index in [0.717, 1.165) is 49.6 Å². The van der Waals surface area contributed by atoms with Crippen molar-refractivity contribution in [1.29, 1.82) is 0 Å². The molecule has 1 aromatic carbocycles. The highest BCUT2D eigenvalue weighted by Crippen LogP contribution is 2.16. The Bertz CT molecular complexity index is 638. The first-order valence-electron chi connectivity index (χ1n) is 9.22. The molecule has 0 saturated carbocycles. The number of nitrogens with zero attached hydrogens (tertiary/aromatic N) is 3. The van der Waals surface area contributed by atoms with E-state index < -0.39 is 0 Å². The van der Waals surface area contributed by atoms with Crippen molar-refractivity contribution in [2.24, 2.45) is 4.99 Å². The average Bonchev–Trinajstić information content (AvgIpc) is 3.21. The van der Waals surface area contributed by atoms with Crippen molar-refractivity contribution in [2.45, 2.75) is 45.4 Å². The van der Waals surface area contributed by atoms with Gasteiger partial charge in [0.15, 0.2) is 5.96 Å². The molecule has 6 nitrogen and oxygen atoms in total. The van der Waals surface area contributed by atoms with Crippen molar-refractivity contribution in [1.82, 2.24) is 15.1 Å². The molecule has 2 saturated heterocycles. The number of benzene rings is 1. The molecule has 2 aliphatic heterocycles. The van der Waals surface area contributed by atoms with Crippen LogP contribution in [0.1, 0.15) is 37.3 Å². The van der Waals surface area contributed by atoms with Crippen molar-refractivity contribution < 1.29 is 9.90 Å². The van der Waals surface area contributed by atoms with Crippen LogP contribution in [-0.4, -0.2) is 59.1 Å². The minimum atomic E-state index is -0.259. The lowest BCUT2D eigenvalue weighted by Crippen LogP contribution is -2.40. The summed E-state index contributed by atoms with van der Waals surface area (Å²) in [6, 6.07) is 8.31. The number of amides is 1. The first-order chi connectivity index (χ1) is 12.2. The molecule has 26 heavy (non-hydrogen) atoms. The molecule has 1 atom stereocenters. The zero-order valence-corrected chi connectivity index (χ0v) is 17.7. The maximum Gasteiger partial charge on any atom is 0.222 e. The number of nitrogens with one attached hydrogen (secondary N) is 1. The largest absolute Gasteiger partial charge is 0.391 e. The molecule has 2 aliphatic rings. The Balaban J connectivity index is 0.00000243. The Hall–Kier alpha value is -1.35. The van der Waals surface area contributed by atoms with E-state index >= 15 is 0 Å². The third kappa shape index (κ3) is 5.57. The van der Waals surface area contributed by atoms with Gasteiger partial charge in [-0.1, -0.05) is 24.3 Å². The molecule has 7 heteroatoms. The van der Waals surface area contributed by atoms with Crippen LogP contribution in [0.3, 0.4) is 0 Å². The van der Waals surface area contributed by atoms with Gasteiger partial charge >= 0.3 is 0 Å². The first kappa shape index (κ1) is 21.0. The molecule has 2 N–H and O–H groups in total. The number of rotatable bonds is 5. The molecule has 0 spiro atoms. The molecular formula is C19H29IN4O2. The number of aliphatic imine (C=N–C) groups is 1. The summed E-state index contributed by atoms with van der Waals surface area (Å²) in [5.41, 5.74) is 2.30. The van der Waals surface area contributed by atoms with Crippen LogP contribution >= 0.6 is 24.0 Å². The number of aliphatic hydroxyl groups excluding tert-OH is 1. The first-order valence-corrected chi connectivity index (χ1v) is 9.22. The summed E-state index contributed by atoms with van der Waals surface area (Å²) in [4.78, 5) is 20.6. The zero-order chi connectivity index (χ0) is 17.6. The molecule has 0 radical (unpaired) electrons. The summed E-state index contributed by atoms with van der Waals surface area (Å²) >= 11 is 0. The molecule has 0 aliphatic carbocycles. The number of aliphatic hydroxyl groups is 1. The topological polar surface area (TPSA) is 68.2 Å². The fourth-order valence-electron chi connectivity index (χ4n) is 3.44. The Morgan fingerprint density at radius 3 is 2.81 bits per heavy atom. The molecule has 0 aromatic heterocycles. The highest BCUT2D eigenvalue weighted by atomic mass is 127. The van der Waals surface area contributed by atoms with Crippen LogP contribution in [0.25, 0.3) is 0 Å². The lowest BCUT2D eigenvalue weighted by atomic mass is 10.1. The number of hydrogen-bond donors (Lipinski definition) is 2. The van der Waals surface area contributed by atoms with E-state index in [1.165, 1.54) is 0 Å². The van der Waals surface area contributed by atoms with Crippen LogP contribution in [0.4, 0.5) is 0 Å². The highest BCUT2D eigenvalue weighted by molar-refractivity contribution is 14.0. The SMILES string of the molecule is CCNC(=NCc1cccc(CN2CCCC2=O)c1)N1CC[C@@H](O)C1.I. The van der Waals surface area contributed by atoms with E-state index in [1.807, 2.05) is 11.0 Å². The van der Waals surface area contributed by atoms with Crippen LogP contribution in [0.15, 0.2) is 29.3 Å². The normalized spacial score (nSPS) is 20.5. The lowest BCUT2D eigenvalue weighted by Gasteiger charge is -2.21. The van der Waals surface area contributed by atoms with Crippen LogP contribution < -0.4 is 5.32 Å². The molecule has 3 rings (SSSR count). The van der Waals surface area contributed by atoms with Crippen molar-refractivity contribution in [2.75, 3.05) is 26.2 Å². The quantitative estimate of drug-likeness (QED) is 0.391. The number of likely N-dealkylation sites (tertiary alicyclic amines) is 2. The fourth-order valence-corrected chi connectivity index (χ4v) is 3.44. The monoisotopic (exact) mass is 472 g/mol. The number of guanidine groups is 1. The maximum atomic E-state index is 11.8. The summed E-state index contributed by atoms with van der Waals surface area (Å²) in [6.07, 6.45) is 2.18. The van der Waals surface area contributed by atoms with Crippen LogP contribution in [0.5, 0.6) is 0 Å². The second kappa shape index (κ2) is 10.1. The van der Waals surface area contributed by atoms with Gasteiger partial charge in [-0.15, -0.1) is 24.0 Å². The van der Waals surface area contributed by atoms with Gasteiger partial charge in [-0.3, -0.25) is 4.79 Å². The van der Waals surface area contributed by atoms with E-state index in [0.29, 0.717) is 26.1 Å². The number of carbonyl (C=O) groups is 1. The van der Waals surface area contributed by atoms with Crippen LogP contribution in [0.2, 0.25) is 0 Å². The lowest BCUT2D eigenvalue weighted by molar-refractivity contribution is -0.128. The fraction of sp³-hybridized carbons (Fsp3) is 0.579. The summed E-state index contributed by atoms with van der Waals surface area (Å²) in [5.74, 6) is 1.12. The standard InChI is InChI=1S/C19H28N4O2.HI/c1-2-20-19(23-10-8-17(24)14-23)21-12-15-5-3-6-16(11-15)13-22-9-4-7-18(22)25;/h3,5-6,11,17,24H,2,4,7-10,12-14H2,1H3,(H,20,21);1H/t17-;/m1./s1. The predicted octanol–water partition coefficient (Wildman–Crippen LogP) is 1.96. The van der Waals surface area contributed by atoms with Gasteiger partial charge in [-0.05, 0) is 30.9 Å². The van der Waals surface area contributed by atoms with E-state index in [4.69, 9.17) is 4.99 Å². The van der Waals surface area contributed by atoms with Crippen molar-refractivity contribution in [3.05, 3.63) is 35.4 Å². The molecule has 1 aromatic rings. The number of hydrogen-bond acceptors (Lipinski definition) is 3. The third-order valence-corrected chi connectivity index (χ3v) is 4.75. The molecular weight excluding hydrogens is 443 g/mol. The second-order valence-corrected chi connectivity index (χ2v) is 6.80. The average molecular weight is 472 g/mol. The zero-order valence-electron chi connectivity index (χ0n) is 15.4. The Labute approximate surface area is 172 Å². The molecule has 2 fully saturated rings.